The number of anilines is 2. The predicted molar refractivity (Wildman–Crippen MR) is 107 cm³/mol. The fourth-order valence-electron chi connectivity index (χ4n) is 1.78. The van der Waals surface area contributed by atoms with Gasteiger partial charge in [-0.15, -0.1) is 23.5 Å². The molecule has 0 radical (unpaired) electrons. The third-order valence-electron chi connectivity index (χ3n) is 2.88. The Labute approximate surface area is 165 Å². The Kier molecular flexibility index (Phi) is 7.88. The molecular formula is C15H17N5O4S3. The van der Waals surface area contributed by atoms with Crippen LogP contribution in [0.25, 0.3) is 0 Å². The molecule has 2 rings (SSSR count). The van der Waals surface area contributed by atoms with Crippen LogP contribution in [0.1, 0.15) is 0 Å². The van der Waals surface area contributed by atoms with Crippen LogP contribution >= 0.6 is 23.5 Å². The van der Waals surface area contributed by atoms with Gasteiger partial charge in [0, 0.05) is 23.2 Å². The lowest BCUT2D eigenvalue weighted by atomic mass is 10.3. The molecule has 0 saturated heterocycles. The fourth-order valence-corrected chi connectivity index (χ4v) is 4.34. The van der Waals surface area contributed by atoms with Crippen molar-refractivity contribution in [3.63, 3.8) is 0 Å². The molecule has 0 spiro atoms. The number of benzene rings is 1. The number of thioether (sulfide) groups is 2. The van der Waals surface area contributed by atoms with Gasteiger partial charge >= 0.3 is 0 Å². The smallest absolute Gasteiger partial charge is 0.264 e. The van der Waals surface area contributed by atoms with Gasteiger partial charge in [-0.1, -0.05) is 0 Å². The topological polar surface area (TPSA) is 144 Å². The summed E-state index contributed by atoms with van der Waals surface area (Å²) in [6.45, 7) is 0. The van der Waals surface area contributed by atoms with Gasteiger partial charge in [0.1, 0.15) is 0 Å². The molecule has 9 nitrogen and oxygen atoms in total. The molecule has 0 aliphatic rings. The van der Waals surface area contributed by atoms with E-state index < -0.39 is 15.9 Å². The van der Waals surface area contributed by atoms with Crippen LogP contribution < -0.4 is 15.8 Å². The molecule has 0 bridgehead atoms. The third kappa shape index (κ3) is 7.45. The van der Waals surface area contributed by atoms with E-state index in [-0.39, 0.29) is 28.3 Å². The van der Waals surface area contributed by atoms with Crippen LogP contribution in [0.4, 0.5) is 11.6 Å². The minimum absolute atomic E-state index is 0.0187. The van der Waals surface area contributed by atoms with Crippen molar-refractivity contribution >= 4 is 57.0 Å². The maximum atomic E-state index is 12.3. The molecule has 0 unspecified atom stereocenters. The minimum Gasteiger partial charge on any atom is -0.369 e. The Balaban J connectivity index is 1.85. The van der Waals surface area contributed by atoms with E-state index >= 15 is 0 Å². The molecule has 1 aromatic heterocycles. The van der Waals surface area contributed by atoms with Crippen LogP contribution in [0.3, 0.4) is 0 Å². The first-order valence-electron chi connectivity index (χ1n) is 7.50. The molecule has 2 aromatic rings. The molecule has 0 saturated carbocycles. The Hall–Kier alpha value is -2.31. The van der Waals surface area contributed by atoms with Crippen molar-refractivity contribution < 1.29 is 18.0 Å². The summed E-state index contributed by atoms with van der Waals surface area (Å²) in [5.74, 6) is -0.230. The van der Waals surface area contributed by atoms with Crippen molar-refractivity contribution in [3.05, 3.63) is 42.7 Å². The van der Waals surface area contributed by atoms with Gasteiger partial charge in [0.05, 0.1) is 16.4 Å². The second-order valence-electron chi connectivity index (χ2n) is 5.03. The quantitative estimate of drug-likeness (QED) is 0.378. The van der Waals surface area contributed by atoms with Gasteiger partial charge in [0.25, 0.3) is 10.0 Å². The SMILES string of the molecule is NC(=O)CSCSCC(=O)Nc1ccc(S(=O)(=O)Nc2ncccn2)cc1. The Morgan fingerprint density at radius 3 is 2.30 bits per heavy atom. The number of nitrogens with two attached hydrogens (primary N) is 1. The van der Waals surface area contributed by atoms with E-state index in [1.54, 1.807) is 6.07 Å². The highest BCUT2D eigenvalue weighted by Gasteiger charge is 2.15. The average Bonchev–Trinajstić information content (AvgIpc) is 2.62. The molecule has 0 aliphatic carbocycles. The number of hydrogen-bond donors (Lipinski definition) is 3. The van der Waals surface area contributed by atoms with Crippen molar-refractivity contribution in [2.45, 2.75) is 4.90 Å². The van der Waals surface area contributed by atoms with E-state index in [1.807, 2.05) is 0 Å². The number of aromatic nitrogens is 2. The molecule has 2 amide bonds. The maximum Gasteiger partial charge on any atom is 0.264 e. The zero-order chi connectivity index (χ0) is 19.7. The lowest BCUT2D eigenvalue weighted by Crippen LogP contribution is -2.16. The van der Waals surface area contributed by atoms with Crippen molar-refractivity contribution in [2.75, 3.05) is 26.6 Å². The largest absolute Gasteiger partial charge is 0.369 e. The molecule has 12 heteroatoms. The van der Waals surface area contributed by atoms with Crippen LogP contribution in [0.5, 0.6) is 0 Å². The fraction of sp³-hybridized carbons (Fsp3) is 0.200. The number of carbonyl (C=O) groups is 2. The monoisotopic (exact) mass is 427 g/mol. The normalized spacial score (nSPS) is 11.0. The summed E-state index contributed by atoms with van der Waals surface area (Å²) in [6, 6.07) is 7.30. The first-order valence-corrected chi connectivity index (χ1v) is 11.3. The average molecular weight is 428 g/mol. The summed E-state index contributed by atoms with van der Waals surface area (Å²) in [4.78, 5) is 30.1. The van der Waals surface area contributed by atoms with Gasteiger partial charge in [-0.3, -0.25) is 9.59 Å². The highest BCUT2D eigenvalue weighted by molar-refractivity contribution is 8.16. The molecule has 0 atom stereocenters. The molecule has 1 aromatic carbocycles. The molecule has 4 N–H and O–H groups in total. The molecule has 27 heavy (non-hydrogen) atoms. The van der Waals surface area contributed by atoms with Gasteiger partial charge in [-0.25, -0.2) is 23.1 Å². The second-order valence-corrected chi connectivity index (χ2v) is 9.05. The van der Waals surface area contributed by atoms with Crippen LogP contribution in [0, 0.1) is 0 Å². The lowest BCUT2D eigenvalue weighted by molar-refractivity contribution is -0.115. The number of rotatable bonds is 10. The van der Waals surface area contributed by atoms with Crippen LogP contribution in [0.15, 0.2) is 47.6 Å². The predicted octanol–water partition coefficient (Wildman–Crippen LogP) is 1.13. The Morgan fingerprint density at radius 2 is 1.67 bits per heavy atom. The first-order chi connectivity index (χ1) is 12.9. The van der Waals surface area contributed by atoms with E-state index in [2.05, 4.69) is 20.0 Å². The van der Waals surface area contributed by atoms with E-state index in [1.165, 1.54) is 60.2 Å². The lowest BCUT2D eigenvalue weighted by Gasteiger charge is -2.08. The first kappa shape index (κ1) is 21.0. The van der Waals surface area contributed by atoms with Crippen molar-refractivity contribution in [1.82, 2.24) is 9.97 Å². The maximum absolute atomic E-state index is 12.3. The van der Waals surface area contributed by atoms with Crippen LogP contribution in [-0.4, -0.2) is 46.8 Å². The molecule has 144 valence electrons. The summed E-state index contributed by atoms with van der Waals surface area (Å²) in [5.41, 5.74) is 5.49. The molecule has 1 heterocycles. The number of nitrogens with one attached hydrogen (secondary N) is 2. The molecule has 0 fully saturated rings. The van der Waals surface area contributed by atoms with Gasteiger partial charge < -0.3 is 11.1 Å². The van der Waals surface area contributed by atoms with Crippen LogP contribution in [0.2, 0.25) is 0 Å². The Morgan fingerprint density at radius 1 is 1.04 bits per heavy atom. The summed E-state index contributed by atoms with van der Waals surface area (Å²) in [5, 5.41) is 3.24. The van der Waals surface area contributed by atoms with E-state index in [4.69, 9.17) is 5.73 Å². The van der Waals surface area contributed by atoms with E-state index in [0.717, 1.165) is 0 Å². The summed E-state index contributed by atoms with van der Waals surface area (Å²) in [7, 11) is -3.82. The van der Waals surface area contributed by atoms with E-state index in [9.17, 15) is 18.0 Å². The van der Waals surface area contributed by atoms with Gasteiger partial charge in [0.2, 0.25) is 17.8 Å². The zero-order valence-corrected chi connectivity index (χ0v) is 16.4. The number of nitrogens with zero attached hydrogens (tertiary/aromatic N) is 2. The van der Waals surface area contributed by atoms with Gasteiger partial charge in [-0.2, -0.15) is 0 Å². The van der Waals surface area contributed by atoms with Crippen molar-refractivity contribution in [2.24, 2.45) is 5.73 Å². The highest BCUT2D eigenvalue weighted by atomic mass is 32.2. The third-order valence-corrected chi connectivity index (χ3v) is 6.52. The zero-order valence-electron chi connectivity index (χ0n) is 14.0. The second kappa shape index (κ2) is 10.1. The Bertz CT molecular complexity index is 876. The van der Waals surface area contributed by atoms with Gasteiger partial charge in [-0.05, 0) is 30.3 Å². The van der Waals surface area contributed by atoms with Gasteiger partial charge in [0.15, 0.2) is 0 Å². The molecule has 0 aliphatic heterocycles. The number of primary amides is 1. The number of sulfonamides is 1. The standard InChI is InChI=1S/C15H17N5O4S3/c16-13(21)8-25-10-26-9-14(22)19-11-2-4-12(5-3-11)27(23,24)20-15-17-6-1-7-18-15/h1-7H,8-10H2,(H2,16,21)(H,19,22)(H,17,18,20). The number of amides is 2. The minimum atomic E-state index is -3.82. The van der Waals surface area contributed by atoms with Crippen LogP contribution in [-0.2, 0) is 19.6 Å². The van der Waals surface area contributed by atoms with E-state index in [0.29, 0.717) is 10.8 Å². The summed E-state index contributed by atoms with van der Waals surface area (Å²) < 4.78 is 26.8. The van der Waals surface area contributed by atoms with Crippen molar-refractivity contribution in [1.29, 1.82) is 0 Å². The highest BCUT2D eigenvalue weighted by Crippen LogP contribution is 2.17. The summed E-state index contributed by atoms with van der Waals surface area (Å²) in [6.07, 6.45) is 2.85. The number of carbonyl (C=O) groups excluding carboxylic acids is 2. The molecular weight excluding hydrogens is 410 g/mol. The van der Waals surface area contributed by atoms with Crippen molar-refractivity contribution in [3.8, 4) is 0 Å². The number of hydrogen-bond acceptors (Lipinski definition) is 8. The summed E-state index contributed by atoms with van der Waals surface area (Å²) >= 11 is 2.69.